The van der Waals surface area contributed by atoms with Crippen LogP contribution in [0.3, 0.4) is 0 Å². The maximum atomic E-state index is 12.0. The number of ether oxygens (including phenoxy) is 1. The fraction of sp³-hybridized carbons (Fsp3) is 0.500. The van der Waals surface area contributed by atoms with Crippen LogP contribution in [0, 0.1) is 6.92 Å². The molecule has 0 atom stereocenters. The van der Waals surface area contributed by atoms with Gasteiger partial charge in [0.05, 0.1) is 0 Å². The van der Waals surface area contributed by atoms with Gasteiger partial charge in [-0.3, -0.25) is 0 Å². The first-order valence-electron chi connectivity index (χ1n) is 6.80. The lowest BCUT2D eigenvalue weighted by Gasteiger charge is -1.99. The van der Waals surface area contributed by atoms with Crippen LogP contribution in [0.1, 0.15) is 51.2 Å². The van der Waals surface area contributed by atoms with Gasteiger partial charge < -0.3 is 9.15 Å². The second kappa shape index (κ2) is 5.75. The lowest BCUT2D eigenvalue weighted by Crippen LogP contribution is -2.03. The molecule has 2 aromatic heterocycles. The predicted molar refractivity (Wildman–Crippen MR) is 73.7 cm³/mol. The van der Waals surface area contributed by atoms with Gasteiger partial charge in [0.2, 0.25) is 5.89 Å². The van der Waals surface area contributed by atoms with E-state index in [1.54, 1.807) is 18.3 Å². The molecule has 0 fully saturated rings. The third kappa shape index (κ3) is 2.90. The van der Waals surface area contributed by atoms with Crippen molar-refractivity contribution in [3.05, 3.63) is 33.2 Å². The van der Waals surface area contributed by atoms with E-state index in [2.05, 4.69) is 10.2 Å². The normalized spacial score (nSPS) is 14.7. The van der Waals surface area contributed by atoms with Gasteiger partial charge >= 0.3 is 5.97 Å². The molecule has 5 nitrogen and oxygen atoms in total. The van der Waals surface area contributed by atoms with Crippen LogP contribution >= 0.6 is 11.3 Å². The molecule has 0 amide bonds. The molecule has 6 heteroatoms. The van der Waals surface area contributed by atoms with E-state index >= 15 is 0 Å². The second-order valence-corrected chi connectivity index (χ2v) is 6.05. The van der Waals surface area contributed by atoms with Gasteiger partial charge in [0.25, 0.3) is 5.89 Å². The van der Waals surface area contributed by atoms with Crippen LogP contribution in [0.15, 0.2) is 10.5 Å². The minimum absolute atomic E-state index is 0.0300. The maximum absolute atomic E-state index is 12.0. The van der Waals surface area contributed by atoms with Gasteiger partial charge in [-0.05, 0) is 37.3 Å². The number of rotatable bonds is 3. The zero-order valence-corrected chi connectivity index (χ0v) is 12.2. The number of nitrogens with zero attached hydrogens (tertiary/aromatic N) is 2. The highest BCUT2D eigenvalue weighted by Crippen LogP contribution is 2.29. The van der Waals surface area contributed by atoms with Gasteiger partial charge in [-0.15, -0.1) is 21.5 Å². The van der Waals surface area contributed by atoms with Crippen LogP contribution in [0.25, 0.3) is 0 Å². The van der Waals surface area contributed by atoms with Gasteiger partial charge in [0.1, 0.15) is 4.88 Å². The lowest BCUT2D eigenvalue weighted by atomic mass is 10.1. The minimum Gasteiger partial charge on any atom is -0.451 e. The molecular formula is C14H16N2O3S. The van der Waals surface area contributed by atoms with E-state index in [1.807, 2.05) is 6.07 Å². The summed E-state index contributed by atoms with van der Waals surface area (Å²) in [5.74, 6) is 0.492. The van der Waals surface area contributed by atoms with Crippen molar-refractivity contribution in [3.63, 3.8) is 0 Å². The van der Waals surface area contributed by atoms with Crippen molar-refractivity contribution in [1.29, 1.82) is 0 Å². The van der Waals surface area contributed by atoms with Crippen LogP contribution in [0.4, 0.5) is 0 Å². The van der Waals surface area contributed by atoms with Crippen molar-refractivity contribution in [3.8, 4) is 0 Å². The van der Waals surface area contributed by atoms with E-state index in [4.69, 9.17) is 9.15 Å². The molecule has 1 aliphatic rings. The fourth-order valence-corrected chi connectivity index (χ4v) is 3.51. The molecule has 0 saturated heterocycles. The molecule has 2 aromatic rings. The molecule has 0 aliphatic heterocycles. The van der Waals surface area contributed by atoms with Gasteiger partial charge in [-0.25, -0.2) is 4.79 Å². The van der Waals surface area contributed by atoms with Crippen LogP contribution in [-0.4, -0.2) is 16.2 Å². The van der Waals surface area contributed by atoms with E-state index in [0.29, 0.717) is 16.7 Å². The number of aryl methyl sites for hydroxylation is 3. The summed E-state index contributed by atoms with van der Waals surface area (Å²) in [7, 11) is 0. The molecule has 20 heavy (non-hydrogen) atoms. The quantitative estimate of drug-likeness (QED) is 0.642. The molecule has 0 radical (unpaired) electrons. The van der Waals surface area contributed by atoms with Crippen molar-refractivity contribution >= 4 is 17.3 Å². The Kier molecular flexibility index (Phi) is 3.82. The lowest BCUT2D eigenvalue weighted by molar-refractivity contribution is 0.0442. The summed E-state index contributed by atoms with van der Waals surface area (Å²) < 4.78 is 10.4. The monoisotopic (exact) mass is 292 g/mol. The molecule has 0 aromatic carbocycles. The molecule has 3 rings (SSSR count). The predicted octanol–water partition coefficient (Wildman–Crippen LogP) is 3.07. The summed E-state index contributed by atoms with van der Waals surface area (Å²) in [6.45, 7) is 1.73. The number of carbonyl (C=O) groups excluding carboxylic acids is 1. The standard InChI is InChI=1S/C14H16N2O3S/c1-9-15-16-13(19-9)8-18-14(17)12-7-10-5-3-2-4-6-11(10)20-12/h7H,2-6,8H2,1H3. The Labute approximate surface area is 121 Å². The topological polar surface area (TPSA) is 65.2 Å². The molecule has 0 saturated carbocycles. The number of esters is 1. The highest BCUT2D eigenvalue weighted by Gasteiger charge is 2.18. The molecule has 106 valence electrons. The Morgan fingerprint density at radius 3 is 3.00 bits per heavy atom. The minimum atomic E-state index is -0.307. The number of carbonyl (C=O) groups is 1. The van der Waals surface area contributed by atoms with Crippen LogP contribution in [0.2, 0.25) is 0 Å². The number of hydrogen-bond donors (Lipinski definition) is 0. The molecule has 0 spiro atoms. The SMILES string of the molecule is Cc1nnc(COC(=O)c2cc3c(s2)CCCCC3)o1. The molecular weight excluding hydrogens is 276 g/mol. The first kappa shape index (κ1) is 13.3. The van der Waals surface area contributed by atoms with E-state index < -0.39 is 0 Å². The summed E-state index contributed by atoms with van der Waals surface area (Å²) in [4.78, 5) is 14.0. The van der Waals surface area contributed by atoms with E-state index in [9.17, 15) is 4.79 Å². The largest absolute Gasteiger partial charge is 0.451 e. The van der Waals surface area contributed by atoms with E-state index in [1.165, 1.54) is 29.7 Å². The first-order valence-corrected chi connectivity index (χ1v) is 7.62. The molecule has 2 heterocycles. The second-order valence-electron chi connectivity index (χ2n) is 4.91. The van der Waals surface area contributed by atoms with Gasteiger partial charge in [-0.1, -0.05) is 6.42 Å². The maximum Gasteiger partial charge on any atom is 0.348 e. The number of aromatic nitrogens is 2. The highest BCUT2D eigenvalue weighted by molar-refractivity contribution is 7.14. The summed E-state index contributed by atoms with van der Waals surface area (Å²) in [6, 6.07) is 1.98. The van der Waals surface area contributed by atoms with Crippen LogP contribution in [-0.2, 0) is 24.2 Å². The summed E-state index contributed by atoms with van der Waals surface area (Å²) in [5.41, 5.74) is 1.31. The number of fused-ring (bicyclic) bond motifs is 1. The number of hydrogen-bond acceptors (Lipinski definition) is 6. The van der Waals surface area contributed by atoms with Crippen molar-refractivity contribution in [1.82, 2.24) is 10.2 Å². The van der Waals surface area contributed by atoms with Gasteiger partial charge in [0, 0.05) is 11.8 Å². The van der Waals surface area contributed by atoms with E-state index in [-0.39, 0.29) is 12.6 Å². The Balaban J connectivity index is 1.65. The third-order valence-corrected chi connectivity index (χ3v) is 4.56. The molecule has 0 bridgehead atoms. The van der Waals surface area contributed by atoms with Crippen LogP contribution in [0.5, 0.6) is 0 Å². The third-order valence-electron chi connectivity index (χ3n) is 3.34. The Morgan fingerprint density at radius 1 is 1.35 bits per heavy atom. The zero-order valence-electron chi connectivity index (χ0n) is 11.3. The van der Waals surface area contributed by atoms with Crippen molar-refractivity contribution in [2.24, 2.45) is 0 Å². The fourth-order valence-electron chi connectivity index (χ4n) is 2.36. The zero-order chi connectivity index (χ0) is 13.9. The Morgan fingerprint density at radius 2 is 2.20 bits per heavy atom. The van der Waals surface area contributed by atoms with E-state index in [0.717, 1.165) is 12.8 Å². The van der Waals surface area contributed by atoms with Gasteiger partial charge in [0.15, 0.2) is 6.61 Å². The molecule has 0 unspecified atom stereocenters. The summed E-state index contributed by atoms with van der Waals surface area (Å²) >= 11 is 1.56. The average Bonchev–Trinajstić information content (AvgIpc) is 2.97. The van der Waals surface area contributed by atoms with Crippen LogP contribution < -0.4 is 0 Å². The van der Waals surface area contributed by atoms with Crippen molar-refractivity contribution in [2.75, 3.05) is 0 Å². The Hall–Kier alpha value is -1.69. The average molecular weight is 292 g/mol. The first-order chi connectivity index (χ1) is 9.72. The van der Waals surface area contributed by atoms with Gasteiger partial charge in [-0.2, -0.15) is 0 Å². The van der Waals surface area contributed by atoms with Crippen molar-refractivity contribution < 1.29 is 13.9 Å². The summed E-state index contributed by atoms with van der Waals surface area (Å²) in [5, 5.41) is 7.49. The molecule has 0 N–H and O–H groups in total. The van der Waals surface area contributed by atoms with Crippen molar-refractivity contribution in [2.45, 2.75) is 45.6 Å². The summed E-state index contributed by atoms with van der Waals surface area (Å²) in [6.07, 6.45) is 5.85. The Bertz CT molecular complexity index is 594. The highest BCUT2D eigenvalue weighted by atomic mass is 32.1. The smallest absolute Gasteiger partial charge is 0.348 e. The number of thiophene rings is 1. The molecule has 1 aliphatic carbocycles.